The van der Waals surface area contributed by atoms with E-state index in [-0.39, 0.29) is 11.0 Å². The van der Waals surface area contributed by atoms with Crippen LogP contribution in [0.3, 0.4) is 0 Å². The fourth-order valence-electron chi connectivity index (χ4n) is 2.74. The maximum Gasteiger partial charge on any atom is 0.262 e. The Morgan fingerprint density at radius 2 is 1.58 bits per heavy atom. The van der Waals surface area contributed by atoms with Crippen LogP contribution in [0.1, 0.15) is 10.4 Å². The first-order valence-corrected chi connectivity index (χ1v) is 7.54. The van der Waals surface area contributed by atoms with Crippen LogP contribution in [0.2, 0.25) is 0 Å². The number of carbonyl (C=O) groups is 1. The topological polar surface area (TPSA) is 59.3 Å². The van der Waals surface area contributed by atoms with Gasteiger partial charge < -0.3 is 9.73 Å². The van der Waals surface area contributed by atoms with Crippen LogP contribution in [0.5, 0.6) is 0 Å². The molecule has 4 nitrogen and oxygen atoms in total. The van der Waals surface area contributed by atoms with E-state index in [0.717, 1.165) is 10.8 Å². The van der Waals surface area contributed by atoms with Gasteiger partial charge >= 0.3 is 0 Å². The minimum atomic E-state index is -0.481. The lowest BCUT2D eigenvalue weighted by Gasteiger charge is -2.06. The maximum absolute atomic E-state index is 12.7. The standard InChI is InChI=1S/C20H13NO3/c22-18-16-11-10-13-6-4-5-9-15(13)19(16)24-12-17(18)20(23)21-14-7-2-1-3-8-14/h1-12H,(H,21,23). The van der Waals surface area contributed by atoms with Gasteiger partial charge in [0.05, 0.1) is 5.39 Å². The van der Waals surface area contributed by atoms with Crippen LogP contribution in [-0.2, 0) is 0 Å². The first kappa shape index (κ1) is 14.2. The molecule has 0 aliphatic heterocycles. The predicted molar refractivity (Wildman–Crippen MR) is 94.4 cm³/mol. The van der Waals surface area contributed by atoms with E-state index in [2.05, 4.69) is 5.32 Å². The molecule has 0 spiro atoms. The van der Waals surface area contributed by atoms with Crippen molar-refractivity contribution in [2.75, 3.05) is 5.32 Å². The van der Waals surface area contributed by atoms with Gasteiger partial charge in [-0.1, -0.05) is 48.5 Å². The monoisotopic (exact) mass is 315 g/mol. The highest BCUT2D eigenvalue weighted by Gasteiger charge is 2.15. The summed E-state index contributed by atoms with van der Waals surface area (Å²) in [6.07, 6.45) is 1.23. The highest BCUT2D eigenvalue weighted by Crippen LogP contribution is 2.23. The Morgan fingerprint density at radius 3 is 2.42 bits per heavy atom. The SMILES string of the molecule is O=C(Nc1ccccc1)c1coc2c(ccc3ccccc32)c1=O. The van der Waals surface area contributed by atoms with Gasteiger partial charge in [0.2, 0.25) is 5.43 Å². The van der Waals surface area contributed by atoms with Crippen molar-refractivity contribution in [3.8, 4) is 0 Å². The average Bonchev–Trinajstić information content (AvgIpc) is 2.62. The second-order valence-electron chi connectivity index (χ2n) is 5.46. The van der Waals surface area contributed by atoms with Gasteiger partial charge in [-0.3, -0.25) is 9.59 Å². The molecule has 4 aromatic rings. The molecule has 0 fully saturated rings. The zero-order valence-corrected chi connectivity index (χ0v) is 12.7. The van der Waals surface area contributed by atoms with Crippen LogP contribution >= 0.6 is 0 Å². The van der Waals surface area contributed by atoms with Crippen LogP contribution in [0, 0.1) is 0 Å². The normalized spacial score (nSPS) is 10.8. The highest BCUT2D eigenvalue weighted by atomic mass is 16.3. The fourth-order valence-corrected chi connectivity index (χ4v) is 2.74. The van der Waals surface area contributed by atoms with E-state index >= 15 is 0 Å². The molecule has 116 valence electrons. The summed E-state index contributed by atoms with van der Waals surface area (Å²) >= 11 is 0. The second-order valence-corrected chi connectivity index (χ2v) is 5.46. The van der Waals surface area contributed by atoms with Gasteiger partial charge in [0, 0.05) is 11.1 Å². The predicted octanol–water partition coefficient (Wildman–Crippen LogP) is 4.20. The quantitative estimate of drug-likeness (QED) is 0.564. The van der Waals surface area contributed by atoms with Crippen LogP contribution in [-0.4, -0.2) is 5.91 Å². The fraction of sp³-hybridized carbons (Fsp3) is 0. The van der Waals surface area contributed by atoms with Crippen molar-refractivity contribution in [3.63, 3.8) is 0 Å². The van der Waals surface area contributed by atoms with E-state index in [0.29, 0.717) is 16.7 Å². The third-order valence-electron chi connectivity index (χ3n) is 3.94. The Labute approximate surface area is 137 Å². The molecule has 1 aromatic heterocycles. The van der Waals surface area contributed by atoms with Crippen molar-refractivity contribution in [3.05, 3.63) is 88.8 Å². The molecule has 0 atom stereocenters. The summed E-state index contributed by atoms with van der Waals surface area (Å²) < 4.78 is 5.63. The largest absolute Gasteiger partial charge is 0.463 e. The van der Waals surface area contributed by atoms with Crippen LogP contribution in [0.15, 0.2) is 82.2 Å². The van der Waals surface area contributed by atoms with E-state index in [9.17, 15) is 9.59 Å². The minimum absolute atomic E-state index is 0.0124. The molecule has 4 rings (SSSR count). The molecule has 0 saturated carbocycles. The molecule has 0 aliphatic rings. The van der Waals surface area contributed by atoms with Crippen molar-refractivity contribution >= 4 is 33.3 Å². The van der Waals surface area contributed by atoms with E-state index in [1.807, 2.05) is 48.5 Å². The molecule has 0 bridgehead atoms. The highest BCUT2D eigenvalue weighted by molar-refractivity contribution is 6.08. The van der Waals surface area contributed by atoms with E-state index in [1.54, 1.807) is 18.2 Å². The van der Waals surface area contributed by atoms with E-state index < -0.39 is 5.91 Å². The maximum atomic E-state index is 12.7. The van der Waals surface area contributed by atoms with Crippen LogP contribution in [0.25, 0.3) is 21.7 Å². The Hall–Kier alpha value is -3.40. The van der Waals surface area contributed by atoms with Crippen molar-refractivity contribution in [1.82, 2.24) is 0 Å². The van der Waals surface area contributed by atoms with Crippen molar-refractivity contribution in [2.24, 2.45) is 0 Å². The number of benzene rings is 3. The zero-order chi connectivity index (χ0) is 16.5. The summed E-state index contributed by atoms with van der Waals surface area (Å²) in [6.45, 7) is 0. The van der Waals surface area contributed by atoms with Crippen LogP contribution in [0.4, 0.5) is 5.69 Å². The van der Waals surface area contributed by atoms with Crippen molar-refractivity contribution in [1.29, 1.82) is 0 Å². The summed E-state index contributed by atoms with van der Waals surface area (Å²) in [5.74, 6) is -0.481. The molecule has 1 heterocycles. The van der Waals surface area contributed by atoms with Gasteiger partial charge in [0.25, 0.3) is 5.91 Å². The molecule has 0 unspecified atom stereocenters. The van der Waals surface area contributed by atoms with E-state index in [1.165, 1.54) is 6.26 Å². The Morgan fingerprint density at radius 1 is 0.833 bits per heavy atom. The van der Waals surface area contributed by atoms with Gasteiger partial charge in [-0.15, -0.1) is 0 Å². The summed E-state index contributed by atoms with van der Waals surface area (Å²) in [6, 6.07) is 20.2. The Balaban J connectivity index is 1.83. The second kappa shape index (κ2) is 5.66. The summed E-state index contributed by atoms with van der Waals surface area (Å²) in [4.78, 5) is 25.1. The Bertz CT molecular complexity index is 1110. The van der Waals surface area contributed by atoms with Gasteiger partial charge in [-0.25, -0.2) is 0 Å². The van der Waals surface area contributed by atoms with Gasteiger partial charge in [0.15, 0.2) is 0 Å². The zero-order valence-electron chi connectivity index (χ0n) is 12.7. The number of anilines is 1. The van der Waals surface area contributed by atoms with E-state index in [4.69, 9.17) is 4.42 Å². The lowest BCUT2D eigenvalue weighted by molar-refractivity contribution is 0.102. The molecule has 0 saturated heterocycles. The lowest BCUT2D eigenvalue weighted by Crippen LogP contribution is -2.21. The third kappa shape index (κ3) is 2.34. The summed E-state index contributed by atoms with van der Waals surface area (Å²) in [5, 5.41) is 4.93. The minimum Gasteiger partial charge on any atom is -0.463 e. The smallest absolute Gasteiger partial charge is 0.262 e. The average molecular weight is 315 g/mol. The number of fused-ring (bicyclic) bond motifs is 3. The molecule has 4 heteroatoms. The number of amides is 1. The van der Waals surface area contributed by atoms with Crippen molar-refractivity contribution in [2.45, 2.75) is 0 Å². The molecule has 3 aromatic carbocycles. The molecule has 24 heavy (non-hydrogen) atoms. The summed E-state index contributed by atoms with van der Waals surface area (Å²) in [5.41, 5.74) is 0.770. The third-order valence-corrected chi connectivity index (χ3v) is 3.94. The first-order valence-electron chi connectivity index (χ1n) is 7.54. The molecular formula is C20H13NO3. The van der Waals surface area contributed by atoms with Gasteiger partial charge in [-0.2, -0.15) is 0 Å². The number of hydrogen-bond donors (Lipinski definition) is 1. The first-order chi connectivity index (χ1) is 11.7. The lowest BCUT2D eigenvalue weighted by atomic mass is 10.1. The molecule has 1 amide bonds. The number of carbonyl (C=O) groups excluding carboxylic acids is 1. The van der Waals surface area contributed by atoms with Crippen molar-refractivity contribution < 1.29 is 9.21 Å². The number of nitrogens with one attached hydrogen (secondary N) is 1. The van der Waals surface area contributed by atoms with Crippen LogP contribution < -0.4 is 10.7 Å². The number of para-hydroxylation sites is 1. The number of rotatable bonds is 2. The molecule has 0 aliphatic carbocycles. The molecular weight excluding hydrogens is 302 g/mol. The Kier molecular flexibility index (Phi) is 3.35. The molecule has 0 radical (unpaired) electrons. The van der Waals surface area contributed by atoms with Gasteiger partial charge in [-0.05, 0) is 23.6 Å². The number of hydrogen-bond acceptors (Lipinski definition) is 3. The van der Waals surface area contributed by atoms with Gasteiger partial charge in [0.1, 0.15) is 17.4 Å². The summed E-state index contributed by atoms with van der Waals surface area (Å²) in [7, 11) is 0. The molecule has 1 N–H and O–H groups in total.